The van der Waals surface area contributed by atoms with Crippen molar-refractivity contribution in [1.82, 2.24) is 15.0 Å². The molecule has 0 saturated heterocycles. The van der Waals surface area contributed by atoms with Crippen molar-refractivity contribution in [1.29, 1.82) is 0 Å². The molecule has 0 aliphatic rings. The summed E-state index contributed by atoms with van der Waals surface area (Å²) in [6.07, 6.45) is -3.08. The van der Waals surface area contributed by atoms with Crippen LogP contribution in [0, 0.1) is 0 Å². The van der Waals surface area contributed by atoms with Gasteiger partial charge in [-0.2, -0.15) is 28.2 Å². The summed E-state index contributed by atoms with van der Waals surface area (Å²) in [5.74, 6) is 0. The third-order valence-electron chi connectivity index (χ3n) is 2.54. The molecule has 1 aromatic carbocycles. The van der Waals surface area contributed by atoms with Gasteiger partial charge in [-0.15, -0.1) is 0 Å². The van der Waals surface area contributed by atoms with Crippen LogP contribution in [0.1, 0.15) is 22.9 Å². The number of aromatic nitrogens is 3. The summed E-state index contributed by atoms with van der Waals surface area (Å²) >= 11 is 0. The number of benzene rings is 1. The van der Waals surface area contributed by atoms with E-state index in [0.717, 1.165) is 6.07 Å². The first-order valence-corrected chi connectivity index (χ1v) is 5.17. The van der Waals surface area contributed by atoms with Crippen molar-refractivity contribution in [3.63, 3.8) is 0 Å². The lowest BCUT2D eigenvalue weighted by Crippen LogP contribution is -2.19. The van der Waals surface area contributed by atoms with E-state index in [-0.39, 0.29) is 5.56 Å². The van der Waals surface area contributed by atoms with Crippen molar-refractivity contribution in [2.45, 2.75) is 12.2 Å². The topological polar surface area (TPSA) is 56.7 Å². The van der Waals surface area contributed by atoms with Gasteiger partial charge in [0.1, 0.15) is 5.69 Å². The van der Waals surface area contributed by atoms with E-state index in [1.54, 1.807) is 7.05 Å². The van der Waals surface area contributed by atoms with Crippen molar-refractivity contribution in [2.24, 2.45) is 12.8 Å². The van der Waals surface area contributed by atoms with Gasteiger partial charge < -0.3 is 5.73 Å². The normalized spacial score (nSPS) is 13.6. The Hall–Kier alpha value is -1.89. The fourth-order valence-electron chi connectivity index (χ4n) is 1.69. The molecule has 0 saturated carbocycles. The zero-order chi connectivity index (χ0) is 13.3. The van der Waals surface area contributed by atoms with Crippen molar-refractivity contribution in [3.8, 4) is 0 Å². The number of halogens is 3. The number of rotatable bonds is 2. The summed E-state index contributed by atoms with van der Waals surface area (Å²) < 4.78 is 38.5. The summed E-state index contributed by atoms with van der Waals surface area (Å²) in [6.45, 7) is 0. The smallest absolute Gasteiger partial charge is 0.319 e. The molecule has 18 heavy (non-hydrogen) atoms. The lowest BCUT2D eigenvalue weighted by Gasteiger charge is -2.16. The molecule has 2 aromatic rings. The zero-order valence-corrected chi connectivity index (χ0v) is 9.52. The van der Waals surface area contributed by atoms with Gasteiger partial charge in [0.05, 0.1) is 17.8 Å². The minimum absolute atomic E-state index is 0.00880. The molecule has 0 amide bonds. The zero-order valence-electron chi connectivity index (χ0n) is 9.52. The molecule has 0 fully saturated rings. The van der Waals surface area contributed by atoms with Crippen molar-refractivity contribution in [3.05, 3.63) is 47.3 Å². The predicted molar refractivity (Wildman–Crippen MR) is 58.5 cm³/mol. The van der Waals surface area contributed by atoms with Crippen LogP contribution in [0.5, 0.6) is 0 Å². The Kier molecular flexibility index (Phi) is 3.08. The lowest BCUT2D eigenvalue weighted by molar-refractivity contribution is -0.138. The molecule has 0 aliphatic heterocycles. The highest BCUT2D eigenvalue weighted by Crippen LogP contribution is 2.35. The van der Waals surface area contributed by atoms with Crippen LogP contribution in [0.2, 0.25) is 0 Å². The SMILES string of the molecule is Cn1ncc(C(N)c2ccccc2C(F)(F)F)n1. The third-order valence-corrected chi connectivity index (χ3v) is 2.54. The average Bonchev–Trinajstić information content (AvgIpc) is 2.74. The van der Waals surface area contributed by atoms with Crippen molar-refractivity contribution < 1.29 is 13.2 Å². The van der Waals surface area contributed by atoms with Crippen LogP contribution in [0.4, 0.5) is 13.2 Å². The Balaban J connectivity index is 2.45. The van der Waals surface area contributed by atoms with Crippen LogP contribution in [-0.4, -0.2) is 15.0 Å². The largest absolute Gasteiger partial charge is 0.416 e. The van der Waals surface area contributed by atoms with E-state index in [4.69, 9.17) is 5.73 Å². The van der Waals surface area contributed by atoms with Crippen LogP contribution in [-0.2, 0) is 13.2 Å². The minimum atomic E-state index is -4.43. The van der Waals surface area contributed by atoms with E-state index < -0.39 is 17.8 Å². The van der Waals surface area contributed by atoms with E-state index in [1.807, 2.05) is 0 Å². The fraction of sp³-hybridized carbons (Fsp3) is 0.273. The maximum atomic E-state index is 12.8. The summed E-state index contributed by atoms with van der Waals surface area (Å²) in [6, 6.07) is 4.25. The van der Waals surface area contributed by atoms with Crippen LogP contribution < -0.4 is 5.73 Å². The van der Waals surface area contributed by atoms with E-state index in [9.17, 15) is 13.2 Å². The van der Waals surface area contributed by atoms with Gasteiger partial charge in [0, 0.05) is 7.05 Å². The molecule has 0 aliphatic carbocycles. The van der Waals surface area contributed by atoms with Crippen LogP contribution in [0.3, 0.4) is 0 Å². The second-order valence-corrected chi connectivity index (χ2v) is 3.82. The van der Waals surface area contributed by atoms with E-state index >= 15 is 0 Å². The quantitative estimate of drug-likeness (QED) is 0.892. The molecule has 0 bridgehead atoms. The first-order chi connectivity index (χ1) is 8.39. The summed E-state index contributed by atoms with van der Waals surface area (Å²) in [7, 11) is 1.58. The van der Waals surface area contributed by atoms with Gasteiger partial charge in [-0.3, -0.25) is 0 Å². The van der Waals surface area contributed by atoms with Gasteiger partial charge in [0.15, 0.2) is 0 Å². The fourth-order valence-corrected chi connectivity index (χ4v) is 1.69. The van der Waals surface area contributed by atoms with Gasteiger partial charge in [-0.25, -0.2) is 0 Å². The molecule has 7 heteroatoms. The third kappa shape index (κ3) is 2.35. The molecule has 0 radical (unpaired) electrons. The molecular formula is C11H11F3N4. The lowest BCUT2D eigenvalue weighted by atomic mass is 9.99. The second-order valence-electron chi connectivity index (χ2n) is 3.82. The monoisotopic (exact) mass is 256 g/mol. The molecule has 96 valence electrons. The maximum Gasteiger partial charge on any atom is 0.416 e. The molecule has 2 N–H and O–H groups in total. The van der Waals surface area contributed by atoms with E-state index in [2.05, 4.69) is 10.2 Å². The Bertz CT molecular complexity index is 547. The van der Waals surface area contributed by atoms with Crippen LogP contribution >= 0.6 is 0 Å². The Morgan fingerprint density at radius 3 is 2.50 bits per heavy atom. The molecular weight excluding hydrogens is 245 g/mol. The number of nitrogens with two attached hydrogens (primary N) is 1. The Labute approximate surface area is 101 Å². The Morgan fingerprint density at radius 2 is 1.94 bits per heavy atom. The van der Waals surface area contributed by atoms with Crippen molar-refractivity contribution >= 4 is 0 Å². The number of nitrogens with zero attached hydrogens (tertiary/aromatic N) is 3. The second kappa shape index (κ2) is 4.41. The number of alkyl halides is 3. The first-order valence-electron chi connectivity index (χ1n) is 5.17. The van der Waals surface area contributed by atoms with Crippen molar-refractivity contribution in [2.75, 3.05) is 0 Å². The molecule has 1 atom stereocenters. The molecule has 1 aromatic heterocycles. The van der Waals surface area contributed by atoms with Gasteiger partial charge in [-0.05, 0) is 11.6 Å². The van der Waals surface area contributed by atoms with Gasteiger partial charge >= 0.3 is 6.18 Å². The maximum absolute atomic E-state index is 12.8. The highest BCUT2D eigenvalue weighted by Gasteiger charge is 2.34. The molecule has 1 heterocycles. The number of hydrogen-bond donors (Lipinski definition) is 1. The van der Waals surface area contributed by atoms with Crippen LogP contribution in [0.25, 0.3) is 0 Å². The molecule has 0 spiro atoms. The summed E-state index contributed by atoms with van der Waals surface area (Å²) in [5, 5.41) is 7.72. The molecule has 1 unspecified atom stereocenters. The predicted octanol–water partition coefficient (Wildman–Crippen LogP) is 1.88. The van der Waals surface area contributed by atoms with Crippen LogP contribution in [0.15, 0.2) is 30.5 Å². The van der Waals surface area contributed by atoms with Gasteiger partial charge in [-0.1, -0.05) is 18.2 Å². The van der Waals surface area contributed by atoms with Gasteiger partial charge in [0.2, 0.25) is 0 Å². The van der Waals surface area contributed by atoms with Gasteiger partial charge in [0.25, 0.3) is 0 Å². The molecule has 2 rings (SSSR count). The molecule has 4 nitrogen and oxygen atoms in total. The van der Waals surface area contributed by atoms with E-state index in [0.29, 0.717) is 5.69 Å². The highest BCUT2D eigenvalue weighted by atomic mass is 19.4. The Morgan fingerprint density at radius 1 is 1.28 bits per heavy atom. The minimum Gasteiger partial charge on any atom is -0.319 e. The average molecular weight is 256 g/mol. The van der Waals surface area contributed by atoms with E-state index in [1.165, 1.54) is 29.2 Å². The standard InChI is InChI=1S/C11H11F3N4/c1-18-16-6-9(17-18)10(15)7-4-2-3-5-8(7)11(12,13)14/h2-6,10H,15H2,1H3. The first kappa shape index (κ1) is 12.6. The number of aryl methyl sites for hydroxylation is 1. The highest BCUT2D eigenvalue weighted by molar-refractivity contribution is 5.35. The summed E-state index contributed by atoms with van der Waals surface area (Å²) in [5.41, 5.74) is 5.36. The number of hydrogen-bond acceptors (Lipinski definition) is 3. The summed E-state index contributed by atoms with van der Waals surface area (Å²) in [4.78, 5) is 1.26.